The fourth-order valence-electron chi connectivity index (χ4n) is 3.90. The van der Waals surface area contributed by atoms with E-state index in [1.165, 1.54) is 18.3 Å². The van der Waals surface area contributed by atoms with Crippen LogP contribution in [-0.2, 0) is 23.9 Å². The van der Waals surface area contributed by atoms with Gasteiger partial charge in [-0.25, -0.2) is 4.98 Å². The molecule has 2 heterocycles. The number of nitrogens with zero attached hydrogens (tertiary/aromatic N) is 2. The van der Waals surface area contributed by atoms with E-state index >= 15 is 0 Å². The molecule has 8 heteroatoms. The lowest BCUT2D eigenvalue weighted by Gasteiger charge is -2.27. The zero-order valence-corrected chi connectivity index (χ0v) is 19.0. The number of halogens is 4. The SMILES string of the molecule is CC(=O)Cc1nc(-c2cc(Br)cc(C(F)(F)F)c2)c(CN2CCC[C@H]2C(C)C)s1. The third kappa shape index (κ3) is 5.47. The molecule has 1 saturated heterocycles. The largest absolute Gasteiger partial charge is 0.416 e. The molecule has 1 fully saturated rings. The van der Waals surface area contributed by atoms with Crippen LogP contribution in [0.3, 0.4) is 0 Å². The number of carbonyl (C=O) groups excluding carboxylic acids is 1. The normalized spacial score (nSPS) is 18.0. The van der Waals surface area contributed by atoms with Gasteiger partial charge < -0.3 is 0 Å². The standard InChI is InChI=1S/C21H24BrF3N2OS/c1-12(2)17-5-4-6-27(17)11-18-20(26-19(29-18)7-13(3)28)14-8-15(21(23,24)25)10-16(22)9-14/h8-10,12,17H,4-7,11H2,1-3H3/t17-/m0/s1. The van der Waals surface area contributed by atoms with Gasteiger partial charge in [-0.3, -0.25) is 9.69 Å². The van der Waals surface area contributed by atoms with Crippen LogP contribution in [0.25, 0.3) is 11.3 Å². The first kappa shape index (κ1) is 22.4. The molecule has 1 atom stereocenters. The lowest BCUT2D eigenvalue weighted by Crippen LogP contribution is -2.32. The number of Topliss-reactive ketones (excluding diaryl/α,β-unsaturated/α-hetero) is 1. The van der Waals surface area contributed by atoms with Crippen LogP contribution in [0.5, 0.6) is 0 Å². The van der Waals surface area contributed by atoms with Gasteiger partial charge in [0.05, 0.1) is 17.7 Å². The minimum atomic E-state index is -4.44. The topological polar surface area (TPSA) is 33.2 Å². The monoisotopic (exact) mass is 488 g/mol. The van der Waals surface area contributed by atoms with Crippen molar-refractivity contribution in [1.29, 1.82) is 0 Å². The summed E-state index contributed by atoms with van der Waals surface area (Å²) >= 11 is 4.63. The molecule has 0 aliphatic carbocycles. The number of benzene rings is 1. The zero-order chi connectivity index (χ0) is 21.3. The summed E-state index contributed by atoms with van der Waals surface area (Å²) < 4.78 is 40.3. The van der Waals surface area contributed by atoms with Crippen molar-refractivity contribution in [3.05, 3.63) is 38.1 Å². The zero-order valence-electron chi connectivity index (χ0n) is 16.6. The lowest BCUT2D eigenvalue weighted by molar-refractivity contribution is -0.137. The summed E-state index contributed by atoms with van der Waals surface area (Å²) in [7, 11) is 0. The Hall–Kier alpha value is -1.25. The highest BCUT2D eigenvalue weighted by atomic mass is 79.9. The van der Waals surface area contributed by atoms with E-state index in [1.54, 1.807) is 6.07 Å². The van der Waals surface area contributed by atoms with Gasteiger partial charge in [0.2, 0.25) is 0 Å². The molecule has 0 bridgehead atoms. The number of alkyl halides is 3. The molecule has 0 spiro atoms. The summed E-state index contributed by atoms with van der Waals surface area (Å²) in [4.78, 5) is 19.5. The molecule has 2 aromatic rings. The third-order valence-electron chi connectivity index (χ3n) is 5.17. The maximum atomic E-state index is 13.3. The molecule has 0 unspecified atom stereocenters. The fourth-order valence-corrected chi connectivity index (χ4v) is 5.58. The molecule has 29 heavy (non-hydrogen) atoms. The molecule has 1 aliphatic rings. The molecular weight excluding hydrogens is 465 g/mol. The van der Waals surface area contributed by atoms with E-state index in [0.29, 0.717) is 39.2 Å². The maximum absolute atomic E-state index is 13.3. The fraction of sp³-hybridized carbons (Fsp3) is 0.524. The molecule has 158 valence electrons. The molecule has 3 rings (SSSR count). The van der Waals surface area contributed by atoms with Crippen LogP contribution in [0.1, 0.15) is 49.1 Å². The molecule has 0 radical (unpaired) electrons. The molecule has 1 aromatic carbocycles. The van der Waals surface area contributed by atoms with Gasteiger partial charge >= 0.3 is 6.18 Å². The van der Waals surface area contributed by atoms with E-state index < -0.39 is 11.7 Å². The van der Waals surface area contributed by atoms with Crippen molar-refractivity contribution in [2.24, 2.45) is 5.92 Å². The molecule has 1 aromatic heterocycles. The summed E-state index contributed by atoms with van der Waals surface area (Å²) in [6, 6.07) is 4.33. The van der Waals surface area contributed by atoms with Crippen molar-refractivity contribution < 1.29 is 18.0 Å². The number of aromatic nitrogens is 1. The van der Waals surface area contributed by atoms with Gasteiger partial charge in [0.1, 0.15) is 10.8 Å². The van der Waals surface area contributed by atoms with E-state index in [0.717, 1.165) is 36.4 Å². The smallest absolute Gasteiger partial charge is 0.300 e. The number of hydrogen-bond donors (Lipinski definition) is 0. The van der Waals surface area contributed by atoms with Gasteiger partial charge in [-0.05, 0) is 50.4 Å². The van der Waals surface area contributed by atoms with Crippen LogP contribution < -0.4 is 0 Å². The first-order chi connectivity index (χ1) is 13.5. The van der Waals surface area contributed by atoms with Crippen molar-refractivity contribution in [2.75, 3.05) is 6.54 Å². The summed E-state index contributed by atoms with van der Waals surface area (Å²) in [6.07, 6.45) is -1.99. The van der Waals surface area contributed by atoms with Gasteiger partial charge in [-0.1, -0.05) is 29.8 Å². The number of rotatable bonds is 6. The average molecular weight is 489 g/mol. The predicted octanol–water partition coefficient (Wildman–Crippen LogP) is 6.34. The van der Waals surface area contributed by atoms with Gasteiger partial charge in [0.25, 0.3) is 0 Å². The summed E-state index contributed by atoms with van der Waals surface area (Å²) in [5, 5.41) is 0.649. The highest BCUT2D eigenvalue weighted by molar-refractivity contribution is 9.10. The Labute approximate surface area is 181 Å². The molecule has 3 nitrogen and oxygen atoms in total. The summed E-state index contributed by atoms with van der Waals surface area (Å²) in [6.45, 7) is 7.50. The minimum absolute atomic E-state index is 0.0108. The Morgan fingerprint density at radius 2 is 2.07 bits per heavy atom. The molecular formula is C21H24BrF3N2OS. The maximum Gasteiger partial charge on any atom is 0.416 e. The Balaban J connectivity index is 2.02. The van der Waals surface area contributed by atoms with Crippen molar-refractivity contribution in [3.63, 3.8) is 0 Å². The number of hydrogen-bond acceptors (Lipinski definition) is 4. The van der Waals surface area contributed by atoms with Gasteiger partial charge in [-0.2, -0.15) is 13.2 Å². The van der Waals surface area contributed by atoms with Crippen molar-refractivity contribution in [3.8, 4) is 11.3 Å². The first-order valence-electron chi connectivity index (χ1n) is 9.65. The lowest BCUT2D eigenvalue weighted by atomic mass is 10.0. The summed E-state index contributed by atoms with van der Waals surface area (Å²) in [5.74, 6) is 0.497. The van der Waals surface area contributed by atoms with Gasteiger partial charge in [-0.15, -0.1) is 11.3 Å². The Morgan fingerprint density at radius 3 is 2.69 bits per heavy atom. The number of thiazole rings is 1. The summed E-state index contributed by atoms with van der Waals surface area (Å²) in [5.41, 5.74) is 0.260. The van der Waals surface area contributed by atoms with Crippen molar-refractivity contribution in [2.45, 2.75) is 58.8 Å². The molecule has 0 amide bonds. The third-order valence-corrected chi connectivity index (χ3v) is 6.67. The number of carbonyl (C=O) groups is 1. The Morgan fingerprint density at radius 1 is 1.34 bits per heavy atom. The first-order valence-corrected chi connectivity index (χ1v) is 11.3. The second-order valence-corrected chi connectivity index (χ2v) is 9.99. The molecule has 0 saturated carbocycles. The molecule has 0 N–H and O–H groups in total. The highest BCUT2D eigenvalue weighted by Gasteiger charge is 2.32. The van der Waals surface area contributed by atoms with Crippen LogP contribution in [-0.4, -0.2) is 28.3 Å². The highest BCUT2D eigenvalue weighted by Crippen LogP contribution is 2.38. The van der Waals surface area contributed by atoms with E-state index in [-0.39, 0.29) is 12.2 Å². The minimum Gasteiger partial charge on any atom is -0.300 e. The van der Waals surface area contributed by atoms with E-state index in [9.17, 15) is 18.0 Å². The van der Waals surface area contributed by atoms with Gasteiger partial charge in [0, 0.05) is 27.5 Å². The quantitative estimate of drug-likeness (QED) is 0.475. The van der Waals surface area contributed by atoms with Crippen molar-refractivity contribution >= 4 is 33.0 Å². The average Bonchev–Trinajstić information content (AvgIpc) is 3.20. The second kappa shape index (κ2) is 8.86. The van der Waals surface area contributed by atoms with Crippen molar-refractivity contribution in [1.82, 2.24) is 9.88 Å². The molecule has 1 aliphatic heterocycles. The van der Waals surface area contributed by atoms with Crippen LogP contribution in [0, 0.1) is 5.92 Å². The van der Waals surface area contributed by atoms with E-state index in [2.05, 4.69) is 39.7 Å². The van der Waals surface area contributed by atoms with Crippen LogP contribution in [0.2, 0.25) is 0 Å². The van der Waals surface area contributed by atoms with Crippen LogP contribution >= 0.6 is 27.3 Å². The van der Waals surface area contributed by atoms with Gasteiger partial charge in [0.15, 0.2) is 0 Å². The Kier molecular flexibility index (Phi) is 6.85. The number of ketones is 1. The van der Waals surface area contributed by atoms with E-state index in [1.807, 2.05) is 0 Å². The Bertz CT molecular complexity index is 895. The van der Waals surface area contributed by atoms with E-state index in [4.69, 9.17) is 0 Å². The van der Waals surface area contributed by atoms with Crippen LogP contribution in [0.15, 0.2) is 22.7 Å². The second-order valence-electron chi connectivity index (χ2n) is 7.91. The predicted molar refractivity (Wildman–Crippen MR) is 113 cm³/mol. The number of likely N-dealkylation sites (tertiary alicyclic amines) is 1. The van der Waals surface area contributed by atoms with Crippen LogP contribution in [0.4, 0.5) is 13.2 Å².